The lowest BCUT2D eigenvalue weighted by Crippen LogP contribution is -2.66. The van der Waals surface area contributed by atoms with Crippen LogP contribution in [0.1, 0.15) is 51.5 Å². The van der Waals surface area contributed by atoms with Crippen LogP contribution in [-0.4, -0.2) is 58.1 Å². The summed E-state index contributed by atoms with van der Waals surface area (Å²) in [6.45, 7) is 4.52. The third-order valence-corrected chi connectivity index (χ3v) is 11.1. The molecule has 3 heterocycles. The molecule has 4 fully saturated rings. The second-order valence-electron chi connectivity index (χ2n) is 10.8. The van der Waals surface area contributed by atoms with Crippen LogP contribution in [0.5, 0.6) is 0 Å². The van der Waals surface area contributed by atoms with E-state index in [-0.39, 0.29) is 57.4 Å². The molecular weight excluding hydrogens is 524 g/mol. The monoisotopic (exact) mass is 556 g/mol. The van der Waals surface area contributed by atoms with Gasteiger partial charge >= 0.3 is 0 Å². The quantitative estimate of drug-likeness (QED) is 0.490. The Morgan fingerprint density at radius 2 is 1.86 bits per heavy atom. The first-order valence-electron chi connectivity index (χ1n) is 12.4. The van der Waals surface area contributed by atoms with Crippen molar-refractivity contribution in [3.63, 3.8) is 0 Å². The summed E-state index contributed by atoms with van der Waals surface area (Å²) in [6, 6.07) is -0.112. The largest absolute Gasteiger partial charge is 0.338 e. The zero-order chi connectivity index (χ0) is 26.0. The number of hydrogen-bond donors (Lipinski definition) is 2. The molecular formula is C23H32N4O6S3. The lowest BCUT2D eigenvalue weighted by atomic mass is 9.57. The average Bonchev–Trinajstić information content (AvgIpc) is 3.21. The lowest BCUT2D eigenvalue weighted by molar-refractivity contribution is -0.161. The number of Topliss-reactive ketones (excluding diaryl/α,β-unsaturated/α-hetero) is 1. The minimum atomic E-state index is -4.25. The topological polar surface area (TPSA) is 142 Å². The summed E-state index contributed by atoms with van der Waals surface area (Å²) >= 11 is 1.08. The summed E-state index contributed by atoms with van der Waals surface area (Å²) in [4.78, 5) is 29.4. The maximum atomic E-state index is 13.8. The van der Waals surface area contributed by atoms with Crippen molar-refractivity contribution in [2.45, 2.75) is 63.4 Å². The fourth-order valence-corrected chi connectivity index (χ4v) is 9.39. The Labute approximate surface area is 216 Å². The number of amides is 1. The van der Waals surface area contributed by atoms with Crippen molar-refractivity contribution in [3.05, 3.63) is 10.9 Å². The minimum Gasteiger partial charge on any atom is -0.338 e. The van der Waals surface area contributed by atoms with Gasteiger partial charge in [-0.05, 0) is 55.2 Å². The molecule has 1 unspecified atom stereocenters. The third-order valence-electron chi connectivity index (χ3n) is 7.96. The fraction of sp³-hybridized carbons (Fsp3) is 0.696. The second-order valence-corrected chi connectivity index (χ2v) is 15.1. The van der Waals surface area contributed by atoms with E-state index in [0.29, 0.717) is 18.4 Å². The summed E-state index contributed by atoms with van der Waals surface area (Å²) in [5, 5.41) is 4.76. The Morgan fingerprint density at radius 3 is 2.50 bits per heavy atom. The molecule has 2 bridgehead atoms. The van der Waals surface area contributed by atoms with Crippen molar-refractivity contribution in [3.8, 4) is 0 Å². The molecule has 13 heteroatoms. The number of hydrogen-bond acceptors (Lipinski definition) is 8. The van der Waals surface area contributed by atoms with Crippen molar-refractivity contribution in [1.29, 1.82) is 0 Å². The van der Waals surface area contributed by atoms with Gasteiger partial charge in [0.2, 0.25) is 15.9 Å². The van der Waals surface area contributed by atoms with E-state index in [4.69, 9.17) is 0 Å². The Morgan fingerprint density at radius 1 is 1.19 bits per heavy atom. The van der Waals surface area contributed by atoms with Gasteiger partial charge in [0.15, 0.2) is 11.7 Å². The van der Waals surface area contributed by atoms with E-state index in [1.807, 2.05) is 4.90 Å². The predicted octanol–water partition coefficient (Wildman–Crippen LogP) is 2.19. The van der Waals surface area contributed by atoms with E-state index < -0.39 is 26.0 Å². The summed E-state index contributed by atoms with van der Waals surface area (Å²) < 4.78 is 55.7. The van der Waals surface area contributed by atoms with Crippen molar-refractivity contribution < 1.29 is 26.4 Å². The van der Waals surface area contributed by atoms with E-state index in [9.17, 15) is 26.4 Å². The first-order valence-corrected chi connectivity index (χ1v) is 16.6. The molecule has 2 aliphatic heterocycles. The first-order chi connectivity index (χ1) is 16.9. The molecule has 5 aliphatic rings. The van der Waals surface area contributed by atoms with Crippen LogP contribution in [0.4, 0.5) is 5.00 Å². The number of carbonyl (C=O) groups is 2. The van der Waals surface area contributed by atoms with E-state index in [0.717, 1.165) is 49.7 Å². The van der Waals surface area contributed by atoms with Crippen LogP contribution < -0.4 is 10.0 Å². The minimum absolute atomic E-state index is 0.112. The van der Waals surface area contributed by atoms with Gasteiger partial charge in [-0.3, -0.25) is 9.59 Å². The molecule has 36 heavy (non-hydrogen) atoms. The molecule has 198 valence electrons. The Hall–Kier alpha value is -1.83. The second kappa shape index (κ2) is 9.17. The molecule has 1 amide bonds. The molecule has 2 N–H and O–H groups in total. The summed E-state index contributed by atoms with van der Waals surface area (Å²) in [5.74, 6) is -1.41. The molecule has 1 aromatic heterocycles. The van der Waals surface area contributed by atoms with Crippen LogP contribution in [0.2, 0.25) is 0 Å². The van der Waals surface area contributed by atoms with Gasteiger partial charge in [0.1, 0.15) is 15.7 Å². The van der Waals surface area contributed by atoms with Crippen molar-refractivity contribution >= 4 is 53.9 Å². The van der Waals surface area contributed by atoms with Crippen molar-refractivity contribution in [2.75, 3.05) is 18.1 Å². The molecule has 6 rings (SSSR count). The summed E-state index contributed by atoms with van der Waals surface area (Å²) in [5.41, 5.74) is 0.264. The van der Waals surface area contributed by atoms with Gasteiger partial charge in [-0.2, -0.15) is 8.42 Å². The smallest absolute Gasteiger partial charge is 0.287 e. The van der Waals surface area contributed by atoms with E-state index in [1.54, 1.807) is 5.38 Å². The average molecular weight is 557 g/mol. The molecule has 3 aliphatic carbocycles. The summed E-state index contributed by atoms with van der Waals surface area (Å²) in [6.07, 6.45) is 5.75. The van der Waals surface area contributed by atoms with E-state index >= 15 is 0 Å². The lowest BCUT2D eigenvalue weighted by Gasteiger charge is -2.55. The Bertz CT molecular complexity index is 1330. The molecule has 0 spiro atoms. The zero-order valence-electron chi connectivity index (χ0n) is 20.6. The maximum Gasteiger partial charge on any atom is 0.287 e. The standard InChI is InChI=1S/C23H32N4O6S3/c1-12(2)8-9-27-18-14-6-4-13(5-7-14)16(18)19(28)17(23(27)29)21-25-22-20(36(32,33)26-21)15(11-34-22)10-24-35(3,30)31/h11-14,16-18,24H,4-10H2,1-3H3,(H,25,26)/t13?,14?,16-,17?,18+/m1/s1. The van der Waals surface area contributed by atoms with E-state index in [1.165, 1.54) is 0 Å². The highest BCUT2D eigenvalue weighted by Gasteiger charge is 2.58. The molecule has 0 radical (unpaired) electrons. The molecule has 1 saturated heterocycles. The van der Waals surface area contributed by atoms with Gasteiger partial charge in [0.05, 0.1) is 6.26 Å². The van der Waals surface area contributed by atoms with Gasteiger partial charge in [-0.1, -0.05) is 13.8 Å². The summed E-state index contributed by atoms with van der Waals surface area (Å²) in [7, 11) is -7.78. The number of likely N-dealkylation sites (tertiary alicyclic amines) is 1. The van der Waals surface area contributed by atoms with Gasteiger partial charge in [0, 0.05) is 30.6 Å². The van der Waals surface area contributed by atoms with Gasteiger partial charge in [0.25, 0.3) is 10.0 Å². The predicted molar refractivity (Wildman–Crippen MR) is 137 cm³/mol. The number of fused-ring (bicyclic) bond motifs is 3. The highest BCUT2D eigenvalue weighted by Crippen LogP contribution is 2.51. The van der Waals surface area contributed by atoms with Crippen LogP contribution in [-0.2, 0) is 36.2 Å². The first kappa shape index (κ1) is 25.8. The number of ketones is 1. The number of sulfonamides is 2. The Kier molecular flexibility index (Phi) is 6.58. The number of carbonyl (C=O) groups excluding carboxylic acids is 2. The molecule has 3 atom stereocenters. The molecule has 3 saturated carbocycles. The van der Waals surface area contributed by atoms with Crippen LogP contribution in [0.3, 0.4) is 0 Å². The van der Waals surface area contributed by atoms with Crippen LogP contribution in [0, 0.1) is 29.6 Å². The van der Waals surface area contributed by atoms with Gasteiger partial charge in [-0.25, -0.2) is 13.1 Å². The molecule has 10 nitrogen and oxygen atoms in total. The SMILES string of the molecule is CC(C)CCN1C(=O)C(C2=NS(=O)(=O)c3c(CNS(C)(=O)=O)csc3N2)C(=O)[C@@H]2C3CCC(CC3)[C@@H]21. The normalized spacial score (nSPS) is 31.2. The fourth-order valence-electron chi connectivity index (χ4n) is 6.32. The highest BCUT2D eigenvalue weighted by atomic mass is 32.2. The number of amidine groups is 1. The van der Waals surface area contributed by atoms with Gasteiger partial charge < -0.3 is 10.2 Å². The van der Waals surface area contributed by atoms with Crippen molar-refractivity contribution in [2.24, 2.45) is 34.0 Å². The molecule has 0 aromatic carbocycles. The number of anilines is 1. The van der Waals surface area contributed by atoms with Crippen LogP contribution in [0.15, 0.2) is 14.7 Å². The maximum absolute atomic E-state index is 13.8. The van der Waals surface area contributed by atoms with Crippen LogP contribution >= 0.6 is 11.3 Å². The highest BCUT2D eigenvalue weighted by molar-refractivity contribution is 7.91. The van der Waals surface area contributed by atoms with E-state index in [2.05, 4.69) is 28.3 Å². The number of rotatable bonds is 7. The van der Waals surface area contributed by atoms with Gasteiger partial charge in [-0.15, -0.1) is 15.7 Å². The van der Waals surface area contributed by atoms with Crippen LogP contribution in [0.25, 0.3) is 0 Å². The Balaban J connectivity index is 1.49. The van der Waals surface area contributed by atoms with Crippen molar-refractivity contribution in [1.82, 2.24) is 9.62 Å². The third kappa shape index (κ3) is 4.52. The number of nitrogens with one attached hydrogen (secondary N) is 2. The number of thiophene rings is 1. The molecule has 1 aromatic rings. The zero-order valence-corrected chi connectivity index (χ0v) is 23.0. The number of nitrogens with zero attached hydrogens (tertiary/aromatic N) is 2. The number of piperidine rings is 1.